The lowest BCUT2D eigenvalue weighted by Crippen LogP contribution is -2.18. The fourth-order valence-electron chi connectivity index (χ4n) is 1.29. The Morgan fingerprint density at radius 3 is 2.94 bits per heavy atom. The zero-order valence-corrected chi connectivity index (χ0v) is 11.3. The van der Waals surface area contributed by atoms with Crippen LogP contribution in [0, 0.1) is 18.3 Å². The minimum atomic E-state index is 0.605. The van der Waals surface area contributed by atoms with E-state index in [9.17, 15) is 0 Å². The van der Waals surface area contributed by atoms with Crippen molar-refractivity contribution >= 4 is 16.9 Å². The number of nitrogens with zero attached hydrogens (tertiary/aromatic N) is 3. The van der Waals surface area contributed by atoms with E-state index in [1.165, 1.54) is 11.3 Å². The molecule has 0 saturated heterocycles. The van der Waals surface area contributed by atoms with Crippen LogP contribution in [-0.2, 0) is 0 Å². The Hall–Kier alpha value is -1.38. The molecular formula is C12H18N4S. The van der Waals surface area contributed by atoms with Crippen molar-refractivity contribution in [1.29, 1.82) is 5.26 Å². The van der Waals surface area contributed by atoms with Gasteiger partial charge in [-0.2, -0.15) is 5.26 Å². The van der Waals surface area contributed by atoms with Gasteiger partial charge in [-0.1, -0.05) is 0 Å². The molecule has 0 amide bonds. The van der Waals surface area contributed by atoms with E-state index in [-0.39, 0.29) is 0 Å². The highest BCUT2D eigenvalue weighted by molar-refractivity contribution is 7.10. The van der Waals surface area contributed by atoms with E-state index in [1.54, 1.807) is 6.20 Å². The molecule has 0 unspecified atom stereocenters. The molecule has 1 heterocycles. The number of allylic oxidation sites excluding steroid dienone is 1. The molecule has 0 aliphatic heterocycles. The third-order valence-electron chi connectivity index (χ3n) is 2.14. The Morgan fingerprint density at radius 2 is 2.41 bits per heavy atom. The fourth-order valence-corrected chi connectivity index (χ4v) is 2.05. The topological polar surface area (TPSA) is 52.0 Å². The molecule has 0 aliphatic rings. The summed E-state index contributed by atoms with van der Waals surface area (Å²) in [5.41, 5.74) is 1.56. The first-order valence-corrected chi connectivity index (χ1v) is 6.42. The van der Waals surface area contributed by atoms with Gasteiger partial charge in [-0.05, 0) is 34.0 Å². The van der Waals surface area contributed by atoms with Crippen molar-refractivity contribution in [3.8, 4) is 6.07 Å². The summed E-state index contributed by atoms with van der Waals surface area (Å²) >= 11 is 1.50. The number of hydrogen-bond donors (Lipinski definition) is 1. The van der Waals surface area contributed by atoms with Gasteiger partial charge in [0, 0.05) is 23.8 Å². The van der Waals surface area contributed by atoms with E-state index >= 15 is 0 Å². The first-order chi connectivity index (χ1) is 8.13. The van der Waals surface area contributed by atoms with Crippen LogP contribution < -0.4 is 5.32 Å². The normalized spacial score (nSPS) is 11.6. The summed E-state index contributed by atoms with van der Waals surface area (Å²) in [6.45, 7) is 3.84. The van der Waals surface area contributed by atoms with Crippen molar-refractivity contribution in [1.82, 2.24) is 15.2 Å². The highest BCUT2D eigenvalue weighted by atomic mass is 32.1. The van der Waals surface area contributed by atoms with Crippen LogP contribution in [0.1, 0.15) is 17.1 Å². The number of aromatic nitrogens is 1. The fraction of sp³-hybridized carbons (Fsp3) is 0.500. The zero-order chi connectivity index (χ0) is 12.7. The van der Waals surface area contributed by atoms with Gasteiger partial charge in [0.15, 0.2) is 0 Å². The Balaban J connectivity index is 2.44. The van der Waals surface area contributed by atoms with E-state index in [0.29, 0.717) is 5.57 Å². The first kappa shape index (κ1) is 13.7. The largest absolute Gasteiger partial charge is 0.390 e. The van der Waals surface area contributed by atoms with Crippen molar-refractivity contribution in [2.75, 3.05) is 27.2 Å². The summed E-state index contributed by atoms with van der Waals surface area (Å²) in [4.78, 5) is 6.43. The number of hydrogen-bond acceptors (Lipinski definition) is 5. The lowest BCUT2D eigenvalue weighted by atomic mass is 10.3. The van der Waals surface area contributed by atoms with Gasteiger partial charge < -0.3 is 10.2 Å². The van der Waals surface area contributed by atoms with E-state index in [0.717, 1.165) is 30.2 Å². The second-order valence-corrected chi connectivity index (χ2v) is 4.93. The standard InChI is InChI=1S/C12H18N4S/c1-10-9-17-12(15-10)11(7-13)8-14-5-4-6-16(2)3/h8-9,14H,4-6H2,1-3H3/b11-8+. The van der Waals surface area contributed by atoms with Crippen molar-refractivity contribution in [3.63, 3.8) is 0 Å². The molecule has 0 aliphatic carbocycles. The minimum Gasteiger partial charge on any atom is -0.390 e. The predicted octanol–water partition coefficient (Wildman–Crippen LogP) is 1.86. The Morgan fingerprint density at radius 1 is 1.65 bits per heavy atom. The van der Waals surface area contributed by atoms with E-state index in [1.807, 2.05) is 12.3 Å². The van der Waals surface area contributed by atoms with Crippen molar-refractivity contribution in [2.24, 2.45) is 0 Å². The van der Waals surface area contributed by atoms with Crippen LogP contribution in [-0.4, -0.2) is 37.1 Å². The molecule has 0 radical (unpaired) electrons. The molecule has 0 bridgehead atoms. The molecule has 17 heavy (non-hydrogen) atoms. The van der Waals surface area contributed by atoms with E-state index < -0.39 is 0 Å². The minimum absolute atomic E-state index is 0.605. The highest BCUT2D eigenvalue weighted by Gasteiger charge is 2.04. The summed E-state index contributed by atoms with van der Waals surface area (Å²) in [6, 6.07) is 2.17. The second kappa shape index (κ2) is 7.05. The molecule has 0 spiro atoms. The molecule has 1 rings (SSSR count). The quantitative estimate of drug-likeness (QED) is 0.618. The maximum Gasteiger partial charge on any atom is 0.135 e. The summed E-state index contributed by atoms with van der Waals surface area (Å²) in [7, 11) is 4.10. The van der Waals surface area contributed by atoms with E-state index in [2.05, 4.69) is 35.4 Å². The molecule has 4 nitrogen and oxygen atoms in total. The maximum absolute atomic E-state index is 9.03. The van der Waals surface area contributed by atoms with E-state index in [4.69, 9.17) is 5.26 Å². The number of aryl methyl sites for hydroxylation is 1. The molecule has 92 valence electrons. The lowest BCUT2D eigenvalue weighted by molar-refractivity contribution is 0.399. The molecule has 1 N–H and O–H groups in total. The molecule has 0 saturated carbocycles. The molecule has 0 aromatic carbocycles. The average molecular weight is 250 g/mol. The summed E-state index contributed by atoms with van der Waals surface area (Å²) in [5, 5.41) is 14.9. The molecule has 1 aromatic heterocycles. The lowest BCUT2D eigenvalue weighted by Gasteiger charge is -2.08. The highest BCUT2D eigenvalue weighted by Crippen LogP contribution is 2.17. The van der Waals surface area contributed by atoms with Gasteiger partial charge in [-0.15, -0.1) is 11.3 Å². The van der Waals surface area contributed by atoms with Crippen LogP contribution in [0.3, 0.4) is 0 Å². The van der Waals surface area contributed by atoms with Gasteiger partial charge in [0.25, 0.3) is 0 Å². The number of nitriles is 1. The van der Waals surface area contributed by atoms with Crippen LogP contribution in [0.15, 0.2) is 11.6 Å². The van der Waals surface area contributed by atoms with Gasteiger partial charge in [-0.25, -0.2) is 4.98 Å². The number of nitrogens with one attached hydrogen (secondary N) is 1. The molecule has 0 fully saturated rings. The smallest absolute Gasteiger partial charge is 0.135 e. The van der Waals surface area contributed by atoms with Crippen molar-refractivity contribution in [3.05, 3.63) is 22.3 Å². The molecular weight excluding hydrogens is 232 g/mol. The maximum atomic E-state index is 9.03. The molecule has 1 aromatic rings. The van der Waals surface area contributed by atoms with Crippen LogP contribution in [0.5, 0.6) is 0 Å². The Kier molecular flexibility index (Phi) is 5.67. The summed E-state index contributed by atoms with van der Waals surface area (Å²) in [6.07, 6.45) is 2.81. The van der Waals surface area contributed by atoms with Gasteiger partial charge in [0.05, 0.1) is 0 Å². The zero-order valence-electron chi connectivity index (χ0n) is 10.5. The Labute approximate surface area is 107 Å². The van der Waals surface area contributed by atoms with Gasteiger partial charge in [0.1, 0.15) is 16.6 Å². The van der Waals surface area contributed by atoms with Crippen LogP contribution >= 0.6 is 11.3 Å². The third-order valence-corrected chi connectivity index (χ3v) is 3.14. The van der Waals surface area contributed by atoms with Gasteiger partial charge in [0.2, 0.25) is 0 Å². The Bertz CT molecular complexity index is 414. The summed E-state index contributed by atoms with van der Waals surface area (Å²) < 4.78 is 0. The number of thiazole rings is 1. The number of rotatable bonds is 6. The predicted molar refractivity (Wildman–Crippen MR) is 71.6 cm³/mol. The second-order valence-electron chi connectivity index (χ2n) is 4.07. The first-order valence-electron chi connectivity index (χ1n) is 5.54. The SMILES string of the molecule is Cc1csc(/C(C#N)=C/NCCCN(C)C)n1. The van der Waals surface area contributed by atoms with Crippen LogP contribution in [0.25, 0.3) is 5.57 Å². The van der Waals surface area contributed by atoms with Crippen LogP contribution in [0.2, 0.25) is 0 Å². The van der Waals surface area contributed by atoms with Crippen molar-refractivity contribution in [2.45, 2.75) is 13.3 Å². The average Bonchev–Trinajstić information content (AvgIpc) is 2.70. The monoisotopic (exact) mass is 250 g/mol. The van der Waals surface area contributed by atoms with Gasteiger partial charge >= 0.3 is 0 Å². The third kappa shape index (κ3) is 4.98. The molecule has 5 heteroatoms. The van der Waals surface area contributed by atoms with Gasteiger partial charge in [-0.3, -0.25) is 0 Å². The van der Waals surface area contributed by atoms with Crippen molar-refractivity contribution < 1.29 is 0 Å². The summed E-state index contributed by atoms with van der Waals surface area (Å²) in [5.74, 6) is 0. The molecule has 0 atom stereocenters. The van der Waals surface area contributed by atoms with Crippen LogP contribution in [0.4, 0.5) is 0 Å².